The number of benzene rings is 7. The Hall–Kier alpha value is -13.6. The van der Waals surface area contributed by atoms with Crippen molar-refractivity contribution in [1.82, 2.24) is 0 Å². The third kappa shape index (κ3) is 90.0. The van der Waals surface area contributed by atoms with Crippen molar-refractivity contribution >= 4 is 53.7 Å². The van der Waals surface area contributed by atoms with Gasteiger partial charge in [0, 0.05) is 74.2 Å². The van der Waals surface area contributed by atoms with Crippen LogP contribution >= 0.6 is 0 Å². The zero-order valence-electron chi connectivity index (χ0n) is 88.4. The summed E-state index contributed by atoms with van der Waals surface area (Å²) in [5, 5.41) is 8.90. The highest BCUT2D eigenvalue weighted by Gasteiger charge is 2.18. The molecule has 0 aliphatic carbocycles. The van der Waals surface area contributed by atoms with Gasteiger partial charge in [0.25, 0.3) is 0 Å². The number of unbranched alkanes of at least 4 members (excludes halogenated alkanes) is 6. The Labute approximate surface area is 876 Å². The van der Waals surface area contributed by atoms with Crippen LogP contribution < -0.4 is 28.4 Å². The second-order valence-electron chi connectivity index (χ2n) is 28.9. The molecular weight excluding hydrogens is 1910 g/mol. The van der Waals surface area contributed by atoms with Gasteiger partial charge in [-0.15, -0.1) is 0 Å². The van der Waals surface area contributed by atoms with Gasteiger partial charge in [0.1, 0.15) is 107 Å². The predicted octanol–water partition coefficient (Wildman–Crippen LogP) is 20.4. The SMILES string of the molecule is C=C(C)C(=O)OCCOCCOCCOCCOCCOCCCOCCCOc1ccc(CCCCCCCCC)cc1.C=C(C)C(=O)OCCOc1ccccc1.C=CC(=O)OCCCOc1ccccc1.C=CC(=O)OCCOC(=O)c1ccccc1C(=O)O.C=CC(=O)OCCOCCOc1ccccc1.C=CC(=O)OCCOc1ccccc1.C=CC(=O)OOCCOCCOc1ccccc1.CC.CC.CC. The zero-order valence-corrected chi connectivity index (χ0v) is 88.4. The third-order valence-corrected chi connectivity index (χ3v) is 17.3. The van der Waals surface area contributed by atoms with Gasteiger partial charge in [-0.1, -0.05) is 248 Å². The smallest absolute Gasteiger partial charge is 0.365 e. The van der Waals surface area contributed by atoms with Crippen LogP contribution in [0.3, 0.4) is 0 Å². The van der Waals surface area contributed by atoms with Gasteiger partial charge in [0.15, 0.2) is 0 Å². The highest BCUT2D eigenvalue weighted by Crippen LogP contribution is 2.18. The van der Waals surface area contributed by atoms with Crippen LogP contribution in [-0.2, 0) is 121 Å². The van der Waals surface area contributed by atoms with E-state index < -0.39 is 47.8 Å². The number of hydrogen-bond acceptors (Lipinski definition) is 32. The van der Waals surface area contributed by atoms with Gasteiger partial charge in [-0.2, -0.15) is 4.89 Å². The molecule has 1 N–H and O–H groups in total. The maximum Gasteiger partial charge on any atom is 0.365 e. The van der Waals surface area contributed by atoms with Crippen LogP contribution in [0.1, 0.15) is 153 Å². The second-order valence-corrected chi connectivity index (χ2v) is 28.9. The van der Waals surface area contributed by atoms with E-state index in [4.69, 9.17) is 99.8 Å². The molecule has 0 bridgehead atoms. The number of ether oxygens (including phenoxy) is 21. The van der Waals surface area contributed by atoms with E-state index in [1.807, 2.05) is 193 Å². The van der Waals surface area contributed by atoms with Gasteiger partial charge >= 0.3 is 53.7 Å². The summed E-state index contributed by atoms with van der Waals surface area (Å²) in [6.07, 6.45) is 18.4. The minimum absolute atomic E-state index is 0.0509. The van der Waals surface area contributed by atoms with E-state index in [0.29, 0.717) is 170 Å². The molecule has 0 unspecified atom stereocenters. The van der Waals surface area contributed by atoms with Gasteiger partial charge in [-0.3, -0.25) is 4.89 Å². The van der Waals surface area contributed by atoms with Crippen LogP contribution in [0.5, 0.6) is 34.5 Å². The predicted molar refractivity (Wildman–Crippen MR) is 570 cm³/mol. The highest BCUT2D eigenvalue weighted by atomic mass is 17.2. The summed E-state index contributed by atoms with van der Waals surface area (Å²) < 4.78 is 109. The van der Waals surface area contributed by atoms with Crippen LogP contribution in [0.2, 0.25) is 0 Å². The Morgan fingerprint density at radius 3 is 0.858 bits per heavy atom. The summed E-state index contributed by atoms with van der Waals surface area (Å²) in [6.45, 7) is 52.7. The fraction of sp³-hybridized carbons (Fsp3) is 0.435. The number of rotatable bonds is 72. The first-order chi connectivity index (χ1) is 72.2. The molecule has 820 valence electrons. The molecule has 33 nitrogen and oxygen atoms in total. The third-order valence-electron chi connectivity index (χ3n) is 17.3. The summed E-state index contributed by atoms with van der Waals surface area (Å²) in [6, 6.07) is 61.5. The molecule has 0 saturated carbocycles. The molecular formula is C115H162O33. The number of carbonyl (C=O) groups excluding carboxylic acids is 8. The molecule has 0 amide bonds. The number of esters is 7. The Morgan fingerprint density at radius 1 is 0.250 bits per heavy atom. The number of carbonyl (C=O) groups is 9. The summed E-state index contributed by atoms with van der Waals surface area (Å²) in [5.74, 6) is -0.386. The molecule has 7 rings (SSSR count). The molecule has 7 aromatic rings. The fourth-order valence-electron chi connectivity index (χ4n) is 10.3. The minimum atomic E-state index is -1.22. The standard InChI is InChI=1S/C35H60O9.C13H12O6.C13H16O5.C13H16O4.2C12H14O3.C11H12O3.3C2H6/c1-4-5-6-7-8-9-10-13-33-14-16-34(17-15-33)43-21-12-20-37-18-11-19-38-22-23-39-24-25-40-26-27-41-28-29-42-30-31-44-35(36)32(2)3;1-2-11(14)18-7-8-19-13(17)10-6-4-3-5-9(10)12(15)16;1-2-13(14)18-17-11-9-15-8-10-16-12-6-4-3-5-7-12;1-2-13(14)17-11-9-15-8-10-16-12-6-4-3-5-7-12;1-10(2)12(13)15-9-8-14-11-6-4-3-5-7-11;1-2-12(13)15-10-6-9-14-11-7-4-3-5-8-11;1-2-11(12)14-9-8-13-10-6-4-3-5-7-10;3*1-2/h14-17H,2,4-13,18-31H2,1,3H3;2-6H,1,7-8H2,(H,15,16);2-7H,1,8-11H2;2-7H,1,8-11H2;3-7H,1,8-9H2,2H3;2-5,7-8H,1,6,9-10H2;2-7H,1,8-9H2;3*1-2H3. The van der Waals surface area contributed by atoms with E-state index in [-0.39, 0.29) is 63.3 Å². The molecule has 0 aromatic heterocycles. The van der Waals surface area contributed by atoms with Gasteiger partial charge in [-0.25, -0.2) is 43.2 Å². The molecule has 0 heterocycles. The molecule has 0 saturated heterocycles. The lowest BCUT2D eigenvalue weighted by Crippen LogP contribution is -2.15. The van der Waals surface area contributed by atoms with E-state index in [1.165, 1.54) is 74.8 Å². The van der Waals surface area contributed by atoms with Crippen LogP contribution in [0.15, 0.2) is 288 Å². The van der Waals surface area contributed by atoms with Gasteiger partial charge in [-0.05, 0) is 124 Å². The van der Waals surface area contributed by atoms with Crippen molar-refractivity contribution in [3.8, 4) is 34.5 Å². The van der Waals surface area contributed by atoms with Crippen molar-refractivity contribution in [2.75, 3.05) is 198 Å². The average molecular weight is 2070 g/mol. The number of carboxylic acids is 1. The van der Waals surface area contributed by atoms with Gasteiger partial charge < -0.3 is 105 Å². The van der Waals surface area contributed by atoms with Crippen molar-refractivity contribution in [2.24, 2.45) is 0 Å². The topological polar surface area (TPSA) is 386 Å². The van der Waals surface area contributed by atoms with Crippen LogP contribution in [0, 0.1) is 0 Å². The Balaban J connectivity index is -0.00000172. The van der Waals surface area contributed by atoms with Crippen LogP contribution in [0.4, 0.5) is 0 Å². The Bertz CT molecular complexity index is 4460. The molecule has 0 aliphatic rings. The molecule has 0 spiro atoms. The maximum atomic E-state index is 11.6. The lowest BCUT2D eigenvalue weighted by Gasteiger charge is -2.09. The number of aryl methyl sites for hydroxylation is 1. The van der Waals surface area contributed by atoms with Gasteiger partial charge in [0.2, 0.25) is 0 Å². The Morgan fingerprint density at radius 2 is 0.500 bits per heavy atom. The Kier molecular flexibility index (Phi) is 99.4. The second kappa shape index (κ2) is 106. The highest BCUT2D eigenvalue weighted by molar-refractivity contribution is 6.02. The van der Waals surface area contributed by atoms with Crippen molar-refractivity contribution in [2.45, 2.75) is 133 Å². The number of aromatic carboxylic acids is 1. The first-order valence-electron chi connectivity index (χ1n) is 49.7. The molecule has 0 radical (unpaired) electrons. The summed E-state index contributed by atoms with van der Waals surface area (Å²) >= 11 is 0. The average Bonchev–Trinajstić information content (AvgIpc) is 0.849. The van der Waals surface area contributed by atoms with Crippen molar-refractivity contribution < 1.29 is 158 Å². The fourth-order valence-corrected chi connectivity index (χ4v) is 10.3. The quantitative estimate of drug-likeness (QED) is 0.00924. The van der Waals surface area contributed by atoms with Crippen molar-refractivity contribution in [3.05, 3.63) is 304 Å². The lowest BCUT2D eigenvalue weighted by atomic mass is 10.0. The summed E-state index contributed by atoms with van der Waals surface area (Å²) in [5.41, 5.74) is 1.98. The van der Waals surface area contributed by atoms with Crippen molar-refractivity contribution in [1.29, 1.82) is 0 Å². The first kappa shape index (κ1) is 139. The van der Waals surface area contributed by atoms with Crippen LogP contribution in [-0.4, -0.2) is 257 Å². The normalized spacial score (nSPS) is 9.71. The number of para-hydroxylation sites is 5. The zero-order chi connectivity index (χ0) is 110. The van der Waals surface area contributed by atoms with E-state index in [1.54, 1.807) is 13.8 Å². The van der Waals surface area contributed by atoms with Crippen LogP contribution in [0.25, 0.3) is 0 Å². The van der Waals surface area contributed by atoms with E-state index >= 15 is 0 Å². The molecule has 0 aliphatic heterocycles. The monoisotopic (exact) mass is 2070 g/mol. The molecule has 0 atom stereocenters. The first-order valence-corrected chi connectivity index (χ1v) is 49.7. The van der Waals surface area contributed by atoms with E-state index in [2.05, 4.69) is 91.8 Å². The summed E-state index contributed by atoms with van der Waals surface area (Å²) in [4.78, 5) is 107. The molecule has 7 aromatic carbocycles. The lowest BCUT2D eigenvalue weighted by molar-refractivity contribution is -0.271. The molecule has 0 fully saturated rings. The summed E-state index contributed by atoms with van der Waals surface area (Å²) in [7, 11) is 0. The minimum Gasteiger partial charge on any atom is -0.494 e. The number of hydrogen-bond donors (Lipinski definition) is 1. The van der Waals surface area contributed by atoms with Crippen molar-refractivity contribution in [3.63, 3.8) is 0 Å². The maximum absolute atomic E-state index is 11.6. The molecule has 33 heteroatoms. The largest absolute Gasteiger partial charge is 0.494 e. The van der Waals surface area contributed by atoms with E-state index in [0.717, 1.165) is 84.1 Å². The van der Waals surface area contributed by atoms with E-state index in [9.17, 15) is 43.2 Å². The molecule has 148 heavy (non-hydrogen) atoms. The number of carboxylic acid groups (broad SMARTS) is 1. The van der Waals surface area contributed by atoms with Gasteiger partial charge in [0.05, 0.1) is 117 Å².